The van der Waals surface area contributed by atoms with Crippen LogP contribution in [0.3, 0.4) is 0 Å². The Hall–Kier alpha value is -2.20. The van der Waals surface area contributed by atoms with Crippen LogP contribution in [0.1, 0.15) is 21.5 Å². The van der Waals surface area contributed by atoms with Crippen molar-refractivity contribution in [1.82, 2.24) is 10.3 Å². The number of amides is 1. The highest BCUT2D eigenvalue weighted by molar-refractivity contribution is 5.93. The van der Waals surface area contributed by atoms with Crippen molar-refractivity contribution in [3.63, 3.8) is 0 Å². The molecule has 1 aromatic heterocycles. The van der Waals surface area contributed by atoms with Crippen LogP contribution in [-0.4, -0.2) is 23.5 Å². The Kier molecular flexibility index (Phi) is 3.74. The van der Waals surface area contributed by atoms with Gasteiger partial charge in [0.1, 0.15) is 0 Å². The first-order chi connectivity index (χ1) is 9.83. The first-order valence-electron chi connectivity index (χ1n) is 6.69. The van der Waals surface area contributed by atoms with Crippen LogP contribution < -0.4 is 5.32 Å². The van der Waals surface area contributed by atoms with Gasteiger partial charge in [0.15, 0.2) is 0 Å². The molecule has 1 atom stereocenters. The minimum absolute atomic E-state index is 0.0377. The van der Waals surface area contributed by atoms with Crippen molar-refractivity contribution in [3.8, 4) is 0 Å². The van der Waals surface area contributed by atoms with Gasteiger partial charge in [0, 0.05) is 30.9 Å². The number of pyridine rings is 1. The molecule has 1 unspecified atom stereocenters. The van der Waals surface area contributed by atoms with Crippen LogP contribution in [0, 0.1) is 0 Å². The summed E-state index contributed by atoms with van der Waals surface area (Å²) < 4.78 is 5.76. The van der Waals surface area contributed by atoms with E-state index in [9.17, 15) is 4.79 Å². The second-order valence-electron chi connectivity index (χ2n) is 4.85. The summed E-state index contributed by atoms with van der Waals surface area (Å²) in [5.41, 5.74) is 3.17. The minimum atomic E-state index is -0.0881. The Morgan fingerprint density at radius 1 is 1.20 bits per heavy atom. The van der Waals surface area contributed by atoms with Gasteiger partial charge in [-0.3, -0.25) is 9.78 Å². The number of fused-ring (bicyclic) bond motifs is 1. The summed E-state index contributed by atoms with van der Waals surface area (Å²) >= 11 is 0. The molecule has 0 saturated heterocycles. The van der Waals surface area contributed by atoms with Crippen LogP contribution in [0.2, 0.25) is 0 Å². The number of carbonyl (C=O) groups excluding carboxylic acids is 1. The van der Waals surface area contributed by atoms with Crippen molar-refractivity contribution in [1.29, 1.82) is 0 Å². The van der Waals surface area contributed by atoms with Crippen LogP contribution in [-0.2, 0) is 17.8 Å². The number of nitrogens with zero attached hydrogens (tertiary/aromatic N) is 1. The standard InChI is InChI=1S/C16H16N2O2/c19-16(12-5-7-17-8-6-12)18-10-15-9-13-3-1-2-4-14(13)11-20-15/h1-8,15H,9-11H2,(H,18,19). The molecule has 1 aliphatic rings. The number of hydrogen-bond acceptors (Lipinski definition) is 3. The summed E-state index contributed by atoms with van der Waals surface area (Å²) in [5.74, 6) is -0.0881. The van der Waals surface area contributed by atoms with Crippen molar-refractivity contribution in [2.24, 2.45) is 0 Å². The zero-order valence-corrected chi connectivity index (χ0v) is 11.1. The molecule has 1 aliphatic heterocycles. The quantitative estimate of drug-likeness (QED) is 0.925. The topological polar surface area (TPSA) is 51.2 Å². The van der Waals surface area contributed by atoms with E-state index < -0.39 is 0 Å². The normalized spacial score (nSPS) is 17.3. The van der Waals surface area contributed by atoms with Gasteiger partial charge < -0.3 is 10.1 Å². The Labute approximate surface area is 117 Å². The molecular formula is C16H16N2O2. The van der Waals surface area contributed by atoms with Crippen LogP contribution in [0.4, 0.5) is 0 Å². The van der Waals surface area contributed by atoms with Crippen LogP contribution in [0.5, 0.6) is 0 Å². The fraction of sp³-hybridized carbons (Fsp3) is 0.250. The van der Waals surface area contributed by atoms with Crippen LogP contribution in [0.25, 0.3) is 0 Å². The lowest BCUT2D eigenvalue weighted by molar-refractivity contribution is 0.0285. The second-order valence-corrected chi connectivity index (χ2v) is 4.85. The Bertz CT molecular complexity index is 598. The fourth-order valence-corrected chi connectivity index (χ4v) is 2.35. The van der Waals surface area contributed by atoms with E-state index in [-0.39, 0.29) is 12.0 Å². The highest BCUT2D eigenvalue weighted by Gasteiger charge is 2.19. The van der Waals surface area contributed by atoms with E-state index in [0.717, 1.165) is 6.42 Å². The zero-order valence-electron chi connectivity index (χ0n) is 11.1. The minimum Gasteiger partial charge on any atom is -0.371 e. The average molecular weight is 268 g/mol. The van der Waals surface area contributed by atoms with Gasteiger partial charge in [-0.05, 0) is 23.3 Å². The summed E-state index contributed by atoms with van der Waals surface area (Å²) in [6, 6.07) is 11.7. The van der Waals surface area contributed by atoms with E-state index in [1.54, 1.807) is 24.5 Å². The Balaban J connectivity index is 1.57. The highest BCUT2D eigenvalue weighted by atomic mass is 16.5. The van der Waals surface area contributed by atoms with Crippen molar-refractivity contribution < 1.29 is 9.53 Å². The monoisotopic (exact) mass is 268 g/mol. The van der Waals surface area contributed by atoms with Crippen molar-refractivity contribution in [2.45, 2.75) is 19.1 Å². The molecule has 0 aliphatic carbocycles. The summed E-state index contributed by atoms with van der Waals surface area (Å²) in [4.78, 5) is 15.8. The van der Waals surface area contributed by atoms with Crippen molar-refractivity contribution in [3.05, 3.63) is 65.5 Å². The highest BCUT2D eigenvalue weighted by Crippen LogP contribution is 2.19. The fourth-order valence-electron chi connectivity index (χ4n) is 2.35. The largest absolute Gasteiger partial charge is 0.371 e. The maximum absolute atomic E-state index is 11.9. The number of nitrogens with one attached hydrogen (secondary N) is 1. The molecule has 0 bridgehead atoms. The van der Waals surface area contributed by atoms with Gasteiger partial charge in [0.05, 0.1) is 12.7 Å². The van der Waals surface area contributed by atoms with E-state index in [0.29, 0.717) is 18.7 Å². The van der Waals surface area contributed by atoms with Crippen LogP contribution in [0.15, 0.2) is 48.8 Å². The van der Waals surface area contributed by atoms with Gasteiger partial charge in [0.2, 0.25) is 0 Å². The third-order valence-electron chi connectivity index (χ3n) is 3.47. The molecule has 4 heteroatoms. The maximum atomic E-state index is 11.9. The first kappa shape index (κ1) is 12.8. The smallest absolute Gasteiger partial charge is 0.251 e. The SMILES string of the molecule is O=C(NCC1Cc2ccccc2CO1)c1ccncc1. The Morgan fingerprint density at radius 2 is 1.95 bits per heavy atom. The number of carbonyl (C=O) groups is 1. The first-order valence-corrected chi connectivity index (χ1v) is 6.69. The predicted molar refractivity (Wildman–Crippen MR) is 75.3 cm³/mol. The maximum Gasteiger partial charge on any atom is 0.251 e. The van der Waals surface area contributed by atoms with E-state index in [1.165, 1.54) is 11.1 Å². The molecule has 4 nitrogen and oxygen atoms in total. The number of aromatic nitrogens is 1. The van der Waals surface area contributed by atoms with Gasteiger partial charge in [0.25, 0.3) is 5.91 Å². The second kappa shape index (κ2) is 5.84. The van der Waals surface area contributed by atoms with Crippen molar-refractivity contribution in [2.75, 3.05) is 6.54 Å². The summed E-state index contributed by atoms with van der Waals surface area (Å²) in [6.07, 6.45) is 4.10. The van der Waals surface area contributed by atoms with Gasteiger partial charge in [-0.2, -0.15) is 0 Å². The van der Waals surface area contributed by atoms with E-state index >= 15 is 0 Å². The molecule has 0 saturated carbocycles. The number of rotatable bonds is 3. The molecule has 1 amide bonds. The molecule has 1 aromatic carbocycles. The van der Waals surface area contributed by atoms with Gasteiger partial charge in [-0.15, -0.1) is 0 Å². The van der Waals surface area contributed by atoms with E-state index in [2.05, 4.69) is 22.4 Å². The molecule has 0 spiro atoms. The van der Waals surface area contributed by atoms with Crippen LogP contribution >= 0.6 is 0 Å². The number of ether oxygens (including phenoxy) is 1. The number of hydrogen-bond donors (Lipinski definition) is 1. The van der Waals surface area contributed by atoms with E-state index in [1.807, 2.05) is 12.1 Å². The molecule has 2 heterocycles. The molecule has 0 radical (unpaired) electrons. The van der Waals surface area contributed by atoms with Gasteiger partial charge in [-0.25, -0.2) is 0 Å². The molecule has 1 N–H and O–H groups in total. The molecule has 102 valence electrons. The average Bonchev–Trinajstić information content (AvgIpc) is 2.53. The van der Waals surface area contributed by atoms with Crippen molar-refractivity contribution >= 4 is 5.91 Å². The lowest BCUT2D eigenvalue weighted by Crippen LogP contribution is -2.36. The molecule has 20 heavy (non-hydrogen) atoms. The lowest BCUT2D eigenvalue weighted by atomic mass is 9.99. The molecule has 0 fully saturated rings. The zero-order chi connectivity index (χ0) is 13.8. The predicted octanol–water partition coefficient (Wildman–Crippen LogP) is 1.95. The third kappa shape index (κ3) is 2.86. The Morgan fingerprint density at radius 3 is 2.75 bits per heavy atom. The summed E-state index contributed by atoms with van der Waals surface area (Å²) in [6.45, 7) is 1.14. The molecule has 3 rings (SSSR count). The van der Waals surface area contributed by atoms with Gasteiger partial charge >= 0.3 is 0 Å². The third-order valence-corrected chi connectivity index (χ3v) is 3.47. The molecule has 2 aromatic rings. The van der Waals surface area contributed by atoms with Gasteiger partial charge in [-0.1, -0.05) is 24.3 Å². The number of benzene rings is 1. The molecular weight excluding hydrogens is 252 g/mol. The van der Waals surface area contributed by atoms with E-state index in [4.69, 9.17) is 4.74 Å². The summed E-state index contributed by atoms with van der Waals surface area (Å²) in [7, 11) is 0. The lowest BCUT2D eigenvalue weighted by Gasteiger charge is -2.25. The summed E-state index contributed by atoms with van der Waals surface area (Å²) in [5, 5.41) is 2.91.